The molecular weight excluding hydrogens is 250 g/mol. The molecule has 0 saturated carbocycles. The first-order chi connectivity index (χ1) is 7.95. The van der Waals surface area contributed by atoms with E-state index in [0.717, 1.165) is 6.07 Å². The number of carbonyl (C=O) groups excluding carboxylic acids is 1. The maximum Gasteiger partial charge on any atom is 0.346 e. The number of nitrogens with zero attached hydrogens (tertiary/aromatic N) is 1. The molecule has 0 saturated heterocycles. The lowest BCUT2D eigenvalue weighted by Gasteiger charge is -2.13. The Morgan fingerprint density at radius 1 is 1.53 bits per heavy atom. The van der Waals surface area contributed by atoms with Gasteiger partial charge >= 0.3 is 5.97 Å². The van der Waals surface area contributed by atoms with Crippen molar-refractivity contribution in [3.63, 3.8) is 0 Å². The van der Waals surface area contributed by atoms with Crippen LogP contribution in [0.5, 0.6) is 5.75 Å². The van der Waals surface area contributed by atoms with E-state index in [0.29, 0.717) is 0 Å². The fourth-order valence-corrected chi connectivity index (χ4v) is 1.32. The monoisotopic (exact) mass is 259 g/mol. The third-order valence-electron chi connectivity index (χ3n) is 1.96. The molecule has 17 heavy (non-hydrogen) atoms. The van der Waals surface area contributed by atoms with E-state index in [1.807, 2.05) is 0 Å². The van der Waals surface area contributed by atoms with Crippen molar-refractivity contribution >= 4 is 23.3 Å². The number of hydrogen-bond acceptors (Lipinski definition) is 5. The van der Waals surface area contributed by atoms with E-state index in [1.54, 1.807) is 0 Å². The molecule has 0 radical (unpaired) electrons. The Balaban J connectivity index is 2.86. The molecule has 0 spiro atoms. The lowest BCUT2D eigenvalue weighted by Crippen LogP contribution is -2.25. The van der Waals surface area contributed by atoms with Gasteiger partial charge in [0, 0.05) is 12.1 Å². The van der Waals surface area contributed by atoms with Crippen LogP contribution in [0, 0.1) is 10.1 Å². The minimum Gasteiger partial charge on any atom is -0.477 e. The fraction of sp³-hybridized carbons (Fsp3) is 0.300. The van der Waals surface area contributed by atoms with E-state index >= 15 is 0 Å². The molecule has 0 aromatic heterocycles. The highest BCUT2D eigenvalue weighted by molar-refractivity contribution is 6.32. The van der Waals surface area contributed by atoms with Crippen molar-refractivity contribution in [1.29, 1.82) is 0 Å². The predicted molar refractivity (Wildman–Crippen MR) is 60.2 cm³/mol. The largest absolute Gasteiger partial charge is 0.477 e. The summed E-state index contributed by atoms with van der Waals surface area (Å²) in [4.78, 5) is 21.0. The summed E-state index contributed by atoms with van der Waals surface area (Å²) in [5.74, 6) is -0.366. The quantitative estimate of drug-likeness (QED) is 0.470. The number of halogens is 1. The minimum absolute atomic E-state index is 0.0648. The molecule has 1 aromatic carbocycles. The van der Waals surface area contributed by atoms with Gasteiger partial charge in [0.2, 0.25) is 0 Å². The van der Waals surface area contributed by atoms with Crippen LogP contribution in [-0.2, 0) is 9.53 Å². The van der Waals surface area contributed by atoms with Gasteiger partial charge in [0.05, 0.1) is 17.1 Å². The lowest BCUT2D eigenvalue weighted by molar-refractivity contribution is -0.384. The summed E-state index contributed by atoms with van der Waals surface area (Å²) >= 11 is 5.78. The first-order valence-electron chi connectivity index (χ1n) is 4.64. The molecular formula is C10H10ClNO5. The Morgan fingerprint density at radius 2 is 2.18 bits per heavy atom. The second-order valence-electron chi connectivity index (χ2n) is 3.16. The first-order valence-corrected chi connectivity index (χ1v) is 5.02. The van der Waals surface area contributed by atoms with Crippen LogP contribution in [0.3, 0.4) is 0 Å². The van der Waals surface area contributed by atoms with Crippen LogP contribution in [-0.4, -0.2) is 24.1 Å². The number of esters is 1. The molecule has 0 bridgehead atoms. The van der Waals surface area contributed by atoms with Gasteiger partial charge in [-0.05, 0) is 13.0 Å². The smallest absolute Gasteiger partial charge is 0.346 e. The molecule has 1 unspecified atom stereocenters. The Bertz CT molecular complexity index is 448. The number of methoxy groups -OCH3 is 1. The van der Waals surface area contributed by atoms with Gasteiger partial charge < -0.3 is 9.47 Å². The first kappa shape index (κ1) is 13.2. The van der Waals surface area contributed by atoms with Gasteiger partial charge in [0.15, 0.2) is 6.10 Å². The van der Waals surface area contributed by atoms with Gasteiger partial charge in [-0.1, -0.05) is 11.6 Å². The summed E-state index contributed by atoms with van der Waals surface area (Å²) < 4.78 is 9.67. The number of carbonyl (C=O) groups is 1. The molecule has 0 N–H and O–H groups in total. The van der Waals surface area contributed by atoms with Crippen molar-refractivity contribution in [1.82, 2.24) is 0 Å². The standard InChI is InChI=1S/C10H10ClNO5/c1-6(10(13)16-2)17-9-4-3-7(12(14)15)5-8(9)11/h3-6H,1-2H3. The summed E-state index contributed by atoms with van der Waals surface area (Å²) in [6.07, 6.45) is -0.834. The number of non-ortho nitro benzene ring substituents is 1. The summed E-state index contributed by atoms with van der Waals surface area (Å²) in [6.45, 7) is 1.49. The molecule has 92 valence electrons. The Morgan fingerprint density at radius 3 is 2.65 bits per heavy atom. The average molecular weight is 260 g/mol. The maximum absolute atomic E-state index is 11.1. The van der Waals surface area contributed by atoms with Crippen molar-refractivity contribution in [2.75, 3.05) is 7.11 Å². The Hall–Kier alpha value is -1.82. The van der Waals surface area contributed by atoms with Gasteiger partial charge in [0.1, 0.15) is 5.75 Å². The number of ether oxygens (including phenoxy) is 2. The number of nitro benzene ring substituents is 1. The van der Waals surface area contributed by atoms with Crippen LogP contribution < -0.4 is 4.74 Å². The molecule has 6 nitrogen and oxygen atoms in total. The van der Waals surface area contributed by atoms with Gasteiger partial charge in [0.25, 0.3) is 5.69 Å². The van der Waals surface area contributed by atoms with E-state index in [1.165, 1.54) is 26.2 Å². The van der Waals surface area contributed by atoms with Crippen LogP contribution in [0.25, 0.3) is 0 Å². The fourth-order valence-electron chi connectivity index (χ4n) is 1.10. The molecule has 0 heterocycles. The van der Waals surface area contributed by atoms with E-state index in [4.69, 9.17) is 16.3 Å². The second kappa shape index (κ2) is 5.49. The topological polar surface area (TPSA) is 78.7 Å². The van der Waals surface area contributed by atoms with E-state index < -0.39 is 17.0 Å². The third kappa shape index (κ3) is 3.32. The summed E-state index contributed by atoms with van der Waals surface area (Å²) in [5.41, 5.74) is -0.145. The van der Waals surface area contributed by atoms with Crippen LogP contribution in [0.2, 0.25) is 5.02 Å². The molecule has 0 aliphatic rings. The number of rotatable bonds is 4. The number of nitro groups is 1. The maximum atomic E-state index is 11.1. The van der Waals surface area contributed by atoms with Crippen molar-refractivity contribution in [3.05, 3.63) is 33.3 Å². The van der Waals surface area contributed by atoms with Crippen molar-refractivity contribution in [3.8, 4) is 5.75 Å². The molecule has 0 aliphatic heterocycles. The normalized spacial score (nSPS) is 11.7. The second-order valence-corrected chi connectivity index (χ2v) is 3.56. The summed E-state index contributed by atoms with van der Waals surface area (Å²) in [5, 5.41) is 10.5. The third-order valence-corrected chi connectivity index (χ3v) is 2.26. The summed E-state index contributed by atoms with van der Waals surface area (Å²) in [7, 11) is 1.24. The highest BCUT2D eigenvalue weighted by Gasteiger charge is 2.17. The predicted octanol–water partition coefficient (Wildman–Crippen LogP) is 2.19. The van der Waals surface area contributed by atoms with Crippen molar-refractivity contribution in [2.24, 2.45) is 0 Å². The van der Waals surface area contributed by atoms with Crippen LogP contribution in [0.15, 0.2) is 18.2 Å². The Kier molecular flexibility index (Phi) is 4.28. The van der Waals surface area contributed by atoms with Crippen LogP contribution >= 0.6 is 11.6 Å². The van der Waals surface area contributed by atoms with Gasteiger partial charge in [-0.15, -0.1) is 0 Å². The van der Waals surface area contributed by atoms with Gasteiger partial charge in [-0.3, -0.25) is 10.1 Å². The highest BCUT2D eigenvalue weighted by Crippen LogP contribution is 2.29. The van der Waals surface area contributed by atoms with Gasteiger partial charge in [-0.25, -0.2) is 4.79 Å². The molecule has 1 aromatic rings. The van der Waals surface area contributed by atoms with E-state index in [-0.39, 0.29) is 16.5 Å². The highest BCUT2D eigenvalue weighted by atomic mass is 35.5. The number of hydrogen-bond donors (Lipinski definition) is 0. The Labute approximate surface area is 102 Å². The minimum atomic E-state index is -0.834. The zero-order chi connectivity index (χ0) is 13.0. The van der Waals surface area contributed by atoms with Crippen molar-refractivity contribution in [2.45, 2.75) is 13.0 Å². The molecule has 0 fully saturated rings. The van der Waals surface area contributed by atoms with Crippen molar-refractivity contribution < 1.29 is 19.2 Å². The molecule has 7 heteroatoms. The van der Waals surface area contributed by atoms with Crippen LogP contribution in [0.1, 0.15) is 6.92 Å². The van der Waals surface area contributed by atoms with E-state index in [2.05, 4.69) is 4.74 Å². The molecule has 0 aliphatic carbocycles. The molecule has 0 amide bonds. The SMILES string of the molecule is COC(=O)C(C)Oc1ccc([N+](=O)[O-])cc1Cl. The number of benzene rings is 1. The zero-order valence-electron chi connectivity index (χ0n) is 9.18. The summed E-state index contributed by atoms with van der Waals surface area (Å²) in [6, 6.07) is 3.73. The average Bonchev–Trinajstić information content (AvgIpc) is 2.30. The zero-order valence-corrected chi connectivity index (χ0v) is 9.93. The van der Waals surface area contributed by atoms with E-state index in [9.17, 15) is 14.9 Å². The molecule has 1 atom stereocenters. The molecule has 1 rings (SSSR count). The lowest BCUT2D eigenvalue weighted by atomic mass is 10.3. The van der Waals surface area contributed by atoms with Crippen LogP contribution in [0.4, 0.5) is 5.69 Å². The van der Waals surface area contributed by atoms with Gasteiger partial charge in [-0.2, -0.15) is 0 Å².